The van der Waals surface area contributed by atoms with E-state index in [-0.39, 0.29) is 17.7 Å². The number of pyridine rings is 1. The second kappa shape index (κ2) is 6.90. The molecule has 4 nitrogen and oxygen atoms in total. The largest absolute Gasteiger partial charge is 0.416 e. The van der Waals surface area contributed by atoms with Gasteiger partial charge in [0.1, 0.15) is 0 Å². The number of hydrogen-bond donors (Lipinski definition) is 2. The monoisotopic (exact) mass is 374 g/mol. The minimum absolute atomic E-state index is 0.0297. The number of H-pyrrole nitrogens is 1. The first-order valence-electron chi connectivity index (χ1n) is 8.24. The standard InChI is InChI=1S/C20H17F3N2O2/c1-11-7-14-9-15(19(27)25-17(14)8-12(11)2)10-24-18(26)13-3-5-16(6-4-13)20(21,22)23/h3-9H,10H2,1-2H3,(H,24,26)(H,25,27). The molecule has 0 saturated heterocycles. The SMILES string of the molecule is Cc1cc2cc(CNC(=O)c3ccc(C(F)(F)F)cc3)c(=O)[nH]c2cc1C. The number of rotatable bonds is 3. The summed E-state index contributed by atoms with van der Waals surface area (Å²) >= 11 is 0. The first-order valence-corrected chi connectivity index (χ1v) is 8.24. The molecule has 0 aliphatic carbocycles. The van der Waals surface area contributed by atoms with Crippen LogP contribution in [0.15, 0.2) is 47.3 Å². The Morgan fingerprint density at radius 1 is 1.04 bits per heavy atom. The number of aromatic nitrogens is 1. The van der Waals surface area contributed by atoms with Crippen molar-refractivity contribution in [2.45, 2.75) is 26.6 Å². The Morgan fingerprint density at radius 2 is 1.67 bits per heavy atom. The Balaban J connectivity index is 1.78. The Morgan fingerprint density at radius 3 is 2.30 bits per heavy atom. The molecule has 0 bridgehead atoms. The van der Waals surface area contributed by atoms with Crippen molar-refractivity contribution < 1.29 is 18.0 Å². The molecule has 0 aliphatic rings. The molecule has 140 valence electrons. The third-order valence-corrected chi connectivity index (χ3v) is 4.45. The van der Waals surface area contributed by atoms with E-state index in [1.165, 1.54) is 0 Å². The highest BCUT2D eigenvalue weighted by atomic mass is 19.4. The summed E-state index contributed by atoms with van der Waals surface area (Å²) in [5.41, 5.74) is 2.16. The van der Waals surface area contributed by atoms with Crippen molar-refractivity contribution in [3.05, 3.63) is 80.6 Å². The molecule has 2 aromatic carbocycles. The number of aryl methyl sites for hydroxylation is 2. The van der Waals surface area contributed by atoms with E-state index in [2.05, 4.69) is 10.3 Å². The molecule has 1 aromatic heterocycles. The zero-order chi connectivity index (χ0) is 19.8. The van der Waals surface area contributed by atoms with Crippen LogP contribution in [0, 0.1) is 13.8 Å². The first-order chi connectivity index (χ1) is 12.6. The average Bonchev–Trinajstić information content (AvgIpc) is 2.61. The van der Waals surface area contributed by atoms with Gasteiger partial charge in [-0.15, -0.1) is 0 Å². The highest BCUT2D eigenvalue weighted by Crippen LogP contribution is 2.29. The van der Waals surface area contributed by atoms with Gasteiger partial charge in [-0.25, -0.2) is 0 Å². The van der Waals surface area contributed by atoms with E-state index < -0.39 is 17.6 Å². The minimum Gasteiger partial charge on any atom is -0.348 e. The van der Waals surface area contributed by atoms with Crippen LogP contribution in [0.5, 0.6) is 0 Å². The van der Waals surface area contributed by atoms with Crippen LogP contribution in [0.25, 0.3) is 10.9 Å². The van der Waals surface area contributed by atoms with Gasteiger partial charge < -0.3 is 10.3 Å². The van der Waals surface area contributed by atoms with Crippen LogP contribution in [0.3, 0.4) is 0 Å². The number of halogens is 3. The number of amides is 1. The van der Waals surface area contributed by atoms with Gasteiger partial charge in [0.05, 0.1) is 5.56 Å². The van der Waals surface area contributed by atoms with Gasteiger partial charge in [-0.3, -0.25) is 9.59 Å². The molecule has 7 heteroatoms. The fourth-order valence-corrected chi connectivity index (χ4v) is 2.74. The highest BCUT2D eigenvalue weighted by Gasteiger charge is 2.30. The van der Waals surface area contributed by atoms with Gasteiger partial charge in [0.2, 0.25) is 0 Å². The Bertz CT molecular complexity index is 1070. The molecule has 3 rings (SSSR count). The van der Waals surface area contributed by atoms with Crippen LogP contribution >= 0.6 is 0 Å². The molecule has 0 unspecified atom stereocenters. The quantitative estimate of drug-likeness (QED) is 0.725. The van der Waals surface area contributed by atoms with Crippen molar-refractivity contribution in [2.75, 3.05) is 0 Å². The van der Waals surface area contributed by atoms with Gasteiger partial charge in [-0.2, -0.15) is 13.2 Å². The summed E-state index contributed by atoms with van der Waals surface area (Å²) in [7, 11) is 0. The minimum atomic E-state index is -4.45. The maximum Gasteiger partial charge on any atom is 0.416 e. The number of aromatic amines is 1. The molecule has 27 heavy (non-hydrogen) atoms. The summed E-state index contributed by atoms with van der Waals surface area (Å²) in [5.74, 6) is -0.552. The van der Waals surface area contributed by atoms with Gasteiger partial charge in [0, 0.05) is 23.2 Å². The zero-order valence-corrected chi connectivity index (χ0v) is 14.7. The van der Waals surface area contributed by atoms with Gasteiger partial charge in [0.15, 0.2) is 0 Å². The molecule has 3 aromatic rings. The lowest BCUT2D eigenvalue weighted by Gasteiger charge is -2.09. The molecule has 1 amide bonds. The van der Waals surface area contributed by atoms with Crippen LogP contribution in [0.1, 0.15) is 32.6 Å². The predicted octanol–water partition coefficient (Wildman–Crippen LogP) is 4.09. The predicted molar refractivity (Wildman–Crippen MR) is 96.7 cm³/mol. The molecule has 1 heterocycles. The average molecular weight is 374 g/mol. The fraction of sp³-hybridized carbons (Fsp3) is 0.200. The molecule has 0 atom stereocenters. The van der Waals surface area contributed by atoms with E-state index in [1.54, 1.807) is 6.07 Å². The van der Waals surface area contributed by atoms with Crippen LogP contribution < -0.4 is 10.9 Å². The van der Waals surface area contributed by atoms with Gasteiger partial charge in [0.25, 0.3) is 11.5 Å². The van der Waals surface area contributed by atoms with Crippen LogP contribution in [-0.4, -0.2) is 10.9 Å². The maximum absolute atomic E-state index is 12.6. The summed E-state index contributed by atoms with van der Waals surface area (Å²) in [6, 6.07) is 9.45. The second-order valence-corrected chi connectivity index (χ2v) is 6.41. The first kappa shape index (κ1) is 18.7. The van der Waals surface area contributed by atoms with E-state index in [4.69, 9.17) is 0 Å². The van der Waals surface area contributed by atoms with Crippen molar-refractivity contribution >= 4 is 16.8 Å². The van der Waals surface area contributed by atoms with Crippen LogP contribution in [0.2, 0.25) is 0 Å². The zero-order valence-electron chi connectivity index (χ0n) is 14.7. The van der Waals surface area contributed by atoms with E-state index >= 15 is 0 Å². The lowest BCUT2D eigenvalue weighted by Crippen LogP contribution is -2.26. The normalized spacial score (nSPS) is 11.6. The molecule has 2 N–H and O–H groups in total. The molecular formula is C20H17F3N2O2. The molecule has 0 aliphatic heterocycles. The Kier molecular flexibility index (Phi) is 4.78. The summed E-state index contributed by atoms with van der Waals surface area (Å²) < 4.78 is 37.7. The molecule has 0 saturated carbocycles. The lowest BCUT2D eigenvalue weighted by atomic mass is 10.0. The second-order valence-electron chi connectivity index (χ2n) is 6.41. The van der Waals surface area contributed by atoms with Gasteiger partial charge in [-0.1, -0.05) is 0 Å². The lowest BCUT2D eigenvalue weighted by molar-refractivity contribution is -0.137. The number of benzene rings is 2. The number of carbonyl (C=O) groups is 1. The van der Waals surface area contributed by atoms with Crippen LogP contribution in [-0.2, 0) is 12.7 Å². The maximum atomic E-state index is 12.6. The van der Waals surface area contributed by atoms with Crippen LogP contribution in [0.4, 0.5) is 13.2 Å². The number of nitrogens with one attached hydrogen (secondary N) is 2. The van der Waals surface area contributed by atoms with Crippen molar-refractivity contribution in [1.29, 1.82) is 0 Å². The van der Waals surface area contributed by atoms with E-state index in [9.17, 15) is 22.8 Å². The number of alkyl halides is 3. The Hall–Kier alpha value is -3.09. The third-order valence-electron chi connectivity index (χ3n) is 4.45. The summed E-state index contributed by atoms with van der Waals surface area (Å²) in [5, 5.41) is 3.41. The highest BCUT2D eigenvalue weighted by molar-refractivity contribution is 5.94. The van der Waals surface area contributed by atoms with Gasteiger partial charge >= 0.3 is 6.18 Å². The topological polar surface area (TPSA) is 62.0 Å². The van der Waals surface area contributed by atoms with Crippen molar-refractivity contribution in [1.82, 2.24) is 10.3 Å². The van der Waals surface area contributed by atoms with E-state index in [0.29, 0.717) is 11.1 Å². The summed E-state index contributed by atoms with van der Waals surface area (Å²) in [6.45, 7) is 3.88. The van der Waals surface area contributed by atoms with Gasteiger partial charge in [-0.05, 0) is 72.8 Å². The van der Waals surface area contributed by atoms with E-state index in [1.807, 2.05) is 26.0 Å². The van der Waals surface area contributed by atoms with Crippen molar-refractivity contribution in [3.63, 3.8) is 0 Å². The molecule has 0 fully saturated rings. The Labute approximate surface area is 153 Å². The van der Waals surface area contributed by atoms with Crippen molar-refractivity contribution in [2.24, 2.45) is 0 Å². The number of hydrogen-bond acceptors (Lipinski definition) is 2. The third kappa shape index (κ3) is 4.02. The summed E-state index contributed by atoms with van der Waals surface area (Å²) in [6.07, 6.45) is -4.45. The summed E-state index contributed by atoms with van der Waals surface area (Å²) in [4.78, 5) is 27.1. The smallest absolute Gasteiger partial charge is 0.348 e. The molecule has 0 radical (unpaired) electrons. The number of carbonyl (C=O) groups excluding carboxylic acids is 1. The molecule has 0 spiro atoms. The fourth-order valence-electron chi connectivity index (χ4n) is 2.74. The van der Waals surface area contributed by atoms with Crippen molar-refractivity contribution in [3.8, 4) is 0 Å². The molecular weight excluding hydrogens is 357 g/mol. The number of fused-ring (bicyclic) bond motifs is 1. The van der Waals surface area contributed by atoms with E-state index in [0.717, 1.165) is 40.8 Å².